The Morgan fingerprint density at radius 2 is 1.85 bits per heavy atom. The number of piperazine rings is 1. The van der Waals surface area contributed by atoms with E-state index < -0.39 is 0 Å². The molecule has 0 spiro atoms. The maximum Gasteiger partial charge on any atom is 0.234 e. The summed E-state index contributed by atoms with van der Waals surface area (Å²) in [6, 6.07) is 7.85. The molecule has 1 saturated heterocycles. The van der Waals surface area contributed by atoms with Crippen LogP contribution in [0.5, 0.6) is 5.75 Å². The van der Waals surface area contributed by atoms with Gasteiger partial charge in [-0.1, -0.05) is 32.9 Å². The predicted octanol–water partition coefficient (Wildman–Crippen LogP) is 1.68. The van der Waals surface area contributed by atoms with Crippen molar-refractivity contribution in [3.63, 3.8) is 0 Å². The topological polar surface area (TPSA) is 61.9 Å². The lowest BCUT2D eigenvalue weighted by molar-refractivity contribution is -0.141. The van der Waals surface area contributed by atoms with Crippen LogP contribution in [0.1, 0.15) is 26.3 Å². The number of hydrogen-bond acceptors (Lipinski definition) is 4. The van der Waals surface area contributed by atoms with E-state index in [9.17, 15) is 9.59 Å². The van der Waals surface area contributed by atoms with E-state index in [0.717, 1.165) is 24.4 Å². The fourth-order valence-electron chi connectivity index (χ4n) is 2.91. The van der Waals surface area contributed by atoms with Crippen molar-refractivity contribution >= 4 is 11.8 Å². The Morgan fingerprint density at radius 1 is 1.15 bits per heavy atom. The first-order valence-corrected chi connectivity index (χ1v) is 9.23. The first-order chi connectivity index (χ1) is 12.3. The van der Waals surface area contributed by atoms with Gasteiger partial charge in [-0.15, -0.1) is 0 Å². The number of nitrogens with one attached hydrogen (secondary N) is 1. The minimum absolute atomic E-state index is 0.00607. The van der Waals surface area contributed by atoms with Crippen LogP contribution in [0.3, 0.4) is 0 Å². The van der Waals surface area contributed by atoms with Crippen LogP contribution in [0.15, 0.2) is 24.3 Å². The molecule has 0 aliphatic carbocycles. The second-order valence-electron chi connectivity index (χ2n) is 7.83. The van der Waals surface area contributed by atoms with Gasteiger partial charge in [0.2, 0.25) is 11.8 Å². The van der Waals surface area contributed by atoms with Crippen LogP contribution in [-0.4, -0.2) is 67.5 Å². The molecule has 2 amide bonds. The Balaban J connectivity index is 1.62. The Morgan fingerprint density at radius 3 is 2.46 bits per heavy atom. The summed E-state index contributed by atoms with van der Waals surface area (Å²) in [6.07, 6.45) is 0. The Bertz CT molecular complexity index is 617. The van der Waals surface area contributed by atoms with Gasteiger partial charge in [-0.3, -0.25) is 14.5 Å². The number of carbonyl (C=O) groups excluding carboxylic acids is 2. The van der Waals surface area contributed by atoms with E-state index in [-0.39, 0.29) is 17.2 Å². The second-order valence-corrected chi connectivity index (χ2v) is 7.83. The van der Waals surface area contributed by atoms with Gasteiger partial charge < -0.3 is 15.0 Å². The summed E-state index contributed by atoms with van der Waals surface area (Å²) in [6.45, 7) is 11.9. The minimum Gasteiger partial charge on any atom is -0.492 e. The number of rotatable bonds is 6. The first-order valence-electron chi connectivity index (χ1n) is 9.23. The van der Waals surface area contributed by atoms with Crippen LogP contribution in [0.4, 0.5) is 0 Å². The van der Waals surface area contributed by atoms with Crippen LogP contribution < -0.4 is 10.1 Å². The molecule has 2 rings (SSSR count). The molecule has 1 aromatic rings. The van der Waals surface area contributed by atoms with Gasteiger partial charge in [0.25, 0.3) is 0 Å². The third kappa shape index (κ3) is 6.33. The van der Waals surface area contributed by atoms with E-state index in [2.05, 4.69) is 10.2 Å². The van der Waals surface area contributed by atoms with E-state index in [1.54, 1.807) is 0 Å². The van der Waals surface area contributed by atoms with Crippen molar-refractivity contribution in [2.45, 2.75) is 27.7 Å². The molecule has 0 saturated carbocycles. The summed E-state index contributed by atoms with van der Waals surface area (Å²) >= 11 is 0. The van der Waals surface area contributed by atoms with Crippen molar-refractivity contribution in [1.29, 1.82) is 0 Å². The van der Waals surface area contributed by atoms with Gasteiger partial charge in [0.05, 0.1) is 13.1 Å². The van der Waals surface area contributed by atoms with E-state index in [0.29, 0.717) is 32.8 Å². The first kappa shape index (κ1) is 20.2. The maximum atomic E-state index is 12.3. The molecule has 144 valence electrons. The zero-order valence-corrected chi connectivity index (χ0v) is 16.4. The van der Waals surface area contributed by atoms with Gasteiger partial charge in [0.15, 0.2) is 0 Å². The van der Waals surface area contributed by atoms with Crippen LogP contribution >= 0.6 is 0 Å². The molecule has 0 bridgehead atoms. The number of aryl methyl sites for hydroxylation is 1. The van der Waals surface area contributed by atoms with Gasteiger partial charge in [-0.25, -0.2) is 0 Å². The molecule has 0 unspecified atom stereocenters. The Kier molecular flexibility index (Phi) is 7.03. The quantitative estimate of drug-likeness (QED) is 0.783. The Labute approximate surface area is 156 Å². The molecule has 26 heavy (non-hydrogen) atoms. The highest BCUT2D eigenvalue weighted by Crippen LogP contribution is 2.18. The van der Waals surface area contributed by atoms with Gasteiger partial charge in [0.1, 0.15) is 12.4 Å². The molecule has 0 atom stereocenters. The average Bonchev–Trinajstić information content (AvgIpc) is 2.58. The van der Waals surface area contributed by atoms with Crippen molar-refractivity contribution in [3.8, 4) is 5.75 Å². The zero-order chi connectivity index (χ0) is 19.2. The number of amides is 2. The summed E-state index contributed by atoms with van der Waals surface area (Å²) in [5.74, 6) is 0.988. The summed E-state index contributed by atoms with van der Waals surface area (Å²) in [7, 11) is 0. The largest absolute Gasteiger partial charge is 0.492 e. The van der Waals surface area contributed by atoms with Gasteiger partial charge in [-0.2, -0.15) is 0 Å². The standard InChI is InChI=1S/C20H31N3O3/c1-16-6-5-7-17(14-16)26-13-8-21-18(24)15-22-9-11-23(12-10-22)19(25)20(2,3)4/h5-7,14H,8-13,15H2,1-4H3,(H,21,24). The molecule has 1 N–H and O–H groups in total. The monoisotopic (exact) mass is 361 g/mol. The lowest BCUT2D eigenvalue weighted by atomic mass is 9.94. The molecule has 6 heteroatoms. The SMILES string of the molecule is Cc1cccc(OCCNC(=O)CN2CCN(C(=O)C(C)(C)C)CC2)c1. The maximum absolute atomic E-state index is 12.3. The summed E-state index contributed by atoms with van der Waals surface area (Å²) in [5.41, 5.74) is 0.798. The molecule has 1 aliphatic heterocycles. The van der Waals surface area contributed by atoms with E-state index >= 15 is 0 Å². The van der Waals surface area contributed by atoms with Crippen LogP contribution in [-0.2, 0) is 9.59 Å². The fourth-order valence-corrected chi connectivity index (χ4v) is 2.91. The molecular weight excluding hydrogens is 330 g/mol. The average molecular weight is 361 g/mol. The lowest BCUT2D eigenvalue weighted by Crippen LogP contribution is -2.53. The van der Waals surface area contributed by atoms with Crippen LogP contribution in [0.2, 0.25) is 0 Å². The van der Waals surface area contributed by atoms with Gasteiger partial charge >= 0.3 is 0 Å². The van der Waals surface area contributed by atoms with Crippen LogP contribution in [0, 0.1) is 12.3 Å². The number of carbonyl (C=O) groups is 2. The molecule has 1 aliphatic rings. The predicted molar refractivity (Wildman–Crippen MR) is 102 cm³/mol. The smallest absolute Gasteiger partial charge is 0.234 e. The van der Waals surface area contributed by atoms with Crippen molar-refractivity contribution < 1.29 is 14.3 Å². The molecular formula is C20H31N3O3. The number of ether oxygens (including phenoxy) is 1. The number of nitrogens with zero attached hydrogens (tertiary/aromatic N) is 2. The van der Waals surface area contributed by atoms with Gasteiger partial charge in [0, 0.05) is 31.6 Å². The van der Waals surface area contributed by atoms with Crippen molar-refractivity contribution in [3.05, 3.63) is 29.8 Å². The zero-order valence-electron chi connectivity index (χ0n) is 16.4. The Hall–Kier alpha value is -2.08. The highest BCUT2D eigenvalue weighted by atomic mass is 16.5. The molecule has 1 aromatic carbocycles. The van der Waals surface area contributed by atoms with E-state index in [1.807, 2.05) is 56.9 Å². The van der Waals surface area contributed by atoms with E-state index in [4.69, 9.17) is 4.74 Å². The van der Waals surface area contributed by atoms with Crippen molar-refractivity contribution in [2.75, 3.05) is 45.9 Å². The minimum atomic E-state index is -0.350. The second kappa shape index (κ2) is 9.03. The molecule has 1 heterocycles. The summed E-state index contributed by atoms with van der Waals surface area (Å²) in [5, 5.41) is 2.89. The van der Waals surface area contributed by atoms with Crippen molar-refractivity contribution in [2.24, 2.45) is 5.41 Å². The van der Waals surface area contributed by atoms with Gasteiger partial charge in [-0.05, 0) is 24.6 Å². The molecule has 1 fully saturated rings. The highest BCUT2D eigenvalue weighted by Gasteiger charge is 2.29. The fraction of sp³-hybridized carbons (Fsp3) is 0.600. The van der Waals surface area contributed by atoms with E-state index in [1.165, 1.54) is 0 Å². The number of hydrogen-bond donors (Lipinski definition) is 1. The molecule has 0 radical (unpaired) electrons. The lowest BCUT2D eigenvalue weighted by Gasteiger charge is -2.37. The third-order valence-electron chi connectivity index (χ3n) is 4.35. The summed E-state index contributed by atoms with van der Waals surface area (Å²) < 4.78 is 5.63. The normalized spacial score (nSPS) is 15.6. The third-order valence-corrected chi connectivity index (χ3v) is 4.35. The highest BCUT2D eigenvalue weighted by molar-refractivity contribution is 5.81. The molecule has 6 nitrogen and oxygen atoms in total. The molecule has 0 aromatic heterocycles. The summed E-state index contributed by atoms with van der Waals surface area (Å²) in [4.78, 5) is 28.3. The van der Waals surface area contributed by atoms with Crippen LogP contribution in [0.25, 0.3) is 0 Å². The number of benzene rings is 1. The van der Waals surface area contributed by atoms with Crippen molar-refractivity contribution in [1.82, 2.24) is 15.1 Å².